The number of hydrogen-bond acceptors (Lipinski definition) is 2. The van der Waals surface area contributed by atoms with Crippen molar-refractivity contribution in [1.29, 1.82) is 0 Å². The maximum Gasteiger partial charge on any atom is 0.326 e. The molecule has 1 fully saturated rings. The fraction of sp³-hybridized carbons (Fsp3) is 0.500. The van der Waals surface area contributed by atoms with Crippen molar-refractivity contribution in [1.82, 2.24) is 5.32 Å². The minimum Gasteiger partial charge on any atom is -0.480 e. The van der Waals surface area contributed by atoms with Crippen molar-refractivity contribution >= 4 is 11.9 Å². The van der Waals surface area contributed by atoms with Crippen molar-refractivity contribution in [2.75, 3.05) is 0 Å². The van der Waals surface area contributed by atoms with Crippen molar-refractivity contribution in [3.05, 3.63) is 35.4 Å². The van der Waals surface area contributed by atoms with Gasteiger partial charge in [0.05, 0.1) is 0 Å². The number of carboxylic acid groups (broad SMARTS) is 1. The summed E-state index contributed by atoms with van der Waals surface area (Å²) >= 11 is 0. The lowest BCUT2D eigenvalue weighted by atomic mass is 10.1. The van der Waals surface area contributed by atoms with Crippen LogP contribution in [-0.2, 0) is 11.2 Å². The van der Waals surface area contributed by atoms with Gasteiger partial charge in [-0.15, -0.1) is 0 Å². The number of carbonyl (C=O) groups excluding carboxylic acids is 1. The first-order valence-corrected chi connectivity index (χ1v) is 7.24. The van der Waals surface area contributed by atoms with Gasteiger partial charge < -0.3 is 10.4 Å². The van der Waals surface area contributed by atoms with Crippen molar-refractivity contribution < 1.29 is 14.7 Å². The summed E-state index contributed by atoms with van der Waals surface area (Å²) in [4.78, 5) is 23.1. The number of aliphatic carboxylic acids is 1. The van der Waals surface area contributed by atoms with Crippen molar-refractivity contribution in [3.8, 4) is 0 Å². The van der Waals surface area contributed by atoms with E-state index in [4.69, 9.17) is 5.11 Å². The van der Waals surface area contributed by atoms with Gasteiger partial charge >= 0.3 is 5.97 Å². The van der Waals surface area contributed by atoms with Gasteiger partial charge in [0.2, 0.25) is 0 Å². The monoisotopic (exact) mass is 275 g/mol. The highest BCUT2D eigenvalue weighted by atomic mass is 16.4. The normalized spacial score (nSPS) is 15.7. The standard InChI is InChI=1S/C16H21NO3/c1-2-3-4-11-5-7-13(8-6-11)15(18)17-14(16(19)20)12-9-10-12/h5-8,12,14H,2-4,9-10H2,1H3,(H,17,18)(H,19,20). The summed E-state index contributed by atoms with van der Waals surface area (Å²) in [5.41, 5.74) is 1.73. The Morgan fingerprint density at radius 2 is 1.95 bits per heavy atom. The smallest absolute Gasteiger partial charge is 0.326 e. The molecule has 1 amide bonds. The van der Waals surface area contributed by atoms with E-state index in [1.807, 2.05) is 12.1 Å². The molecule has 2 N–H and O–H groups in total. The second kappa shape index (κ2) is 6.55. The third-order valence-electron chi connectivity index (χ3n) is 3.68. The topological polar surface area (TPSA) is 66.4 Å². The van der Waals surface area contributed by atoms with Crippen molar-refractivity contribution in [3.63, 3.8) is 0 Å². The van der Waals surface area contributed by atoms with E-state index in [-0.39, 0.29) is 11.8 Å². The highest BCUT2D eigenvalue weighted by Gasteiger charge is 2.37. The van der Waals surface area contributed by atoms with Crippen molar-refractivity contribution in [2.45, 2.75) is 45.1 Å². The van der Waals surface area contributed by atoms with Crippen LogP contribution in [-0.4, -0.2) is 23.0 Å². The molecule has 2 rings (SSSR count). The molecule has 108 valence electrons. The SMILES string of the molecule is CCCCc1ccc(C(=O)NC(C(=O)O)C2CC2)cc1. The molecule has 1 aliphatic carbocycles. The molecule has 20 heavy (non-hydrogen) atoms. The molecule has 0 bridgehead atoms. The summed E-state index contributed by atoms with van der Waals surface area (Å²) < 4.78 is 0. The van der Waals surface area contributed by atoms with E-state index in [2.05, 4.69) is 12.2 Å². The predicted molar refractivity (Wildman–Crippen MR) is 76.7 cm³/mol. The Balaban J connectivity index is 1.96. The molecule has 1 unspecified atom stereocenters. The number of benzene rings is 1. The van der Waals surface area contributed by atoms with E-state index in [1.165, 1.54) is 5.56 Å². The quantitative estimate of drug-likeness (QED) is 0.804. The van der Waals surface area contributed by atoms with Crippen LogP contribution in [0.2, 0.25) is 0 Å². The predicted octanol–water partition coefficient (Wildman–Crippen LogP) is 2.62. The minimum atomic E-state index is -0.944. The molecule has 1 saturated carbocycles. The van der Waals surface area contributed by atoms with Crippen LogP contribution in [0.25, 0.3) is 0 Å². The van der Waals surface area contributed by atoms with Crippen LogP contribution in [0.15, 0.2) is 24.3 Å². The van der Waals surface area contributed by atoms with E-state index < -0.39 is 12.0 Å². The van der Waals surface area contributed by atoms with E-state index in [0.717, 1.165) is 32.1 Å². The lowest BCUT2D eigenvalue weighted by Crippen LogP contribution is -2.42. The second-order valence-electron chi connectivity index (χ2n) is 5.43. The van der Waals surface area contributed by atoms with Crippen molar-refractivity contribution in [2.24, 2.45) is 5.92 Å². The molecular formula is C16H21NO3. The van der Waals surface area contributed by atoms with Crippen LogP contribution in [0, 0.1) is 5.92 Å². The van der Waals surface area contributed by atoms with Gasteiger partial charge in [0.15, 0.2) is 0 Å². The summed E-state index contributed by atoms with van der Waals surface area (Å²) in [7, 11) is 0. The minimum absolute atomic E-state index is 0.0975. The van der Waals surface area contributed by atoms with Crippen LogP contribution in [0.4, 0.5) is 0 Å². The number of carboxylic acids is 1. The lowest BCUT2D eigenvalue weighted by molar-refractivity contribution is -0.139. The summed E-state index contributed by atoms with van der Waals surface area (Å²) in [6.07, 6.45) is 5.05. The Morgan fingerprint density at radius 1 is 1.30 bits per heavy atom. The lowest BCUT2D eigenvalue weighted by Gasteiger charge is -2.13. The molecule has 1 atom stereocenters. The van der Waals surface area contributed by atoms with E-state index in [0.29, 0.717) is 5.56 Å². The summed E-state index contributed by atoms with van der Waals surface area (Å²) in [5, 5.41) is 11.7. The first kappa shape index (κ1) is 14.6. The number of hydrogen-bond donors (Lipinski definition) is 2. The van der Waals surface area contributed by atoms with Gasteiger partial charge in [-0.25, -0.2) is 4.79 Å². The highest BCUT2D eigenvalue weighted by Crippen LogP contribution is 2.32. The van der Waals surface area contributed by atoms with Gasteiger partial charge in [0.1, 0.15) is 6.04 Å². The molecular weight excluding hydrogens is 254 g/mol. The summed E-state index contributed by atoms with van der Waals surface area (Å²) in [5.74, 6) is -1.15. The van der Waals surface area contributed by atoms with Gasteiger partial charge in [-0.05, 0) is 49.3 Å². The Hall–Kier alpha value is -1.84. The third kappa shape index (κ3) is 3.83. The first-order valence-electron chi connectivity index (χ1n) is 7.24. The van der Waals surface area contributed by atoms with Crippen LogP contribution < -0.4 is 5.32 Å². The Bertz CT molecular complexity index is 477. The highest BCUT2D eigenvalue weighted by molar-refractivity contribution is 5.96. The Labute approximate surface area is 119 Å². The van der Waals surface area contributed by atoms with Gasteiger partial charge in [-0.2, -0.15) is 0 Å². The second-order valence-corrected chi connectivity index (χ2v) is 5.43. The molecule has 4 nitrogen and oxygen atoms in total. The Kier molecular flexibility index (Phi) is 4.77. The molecule has 1 aliphatic rings. The zero-order valence-corrected chi connectivity index (χ0v) is 11.8. The summed E-state index contributed by atoms with van der Waals surface area (Å²) in [6.45, 7) is 2.14. The van der Waals surface area contributed by atoms with Gasteiger partial charge in [0.25, 0.3) is 5.91 Å². The number of nitrogens with one attached hydrogen (secondary N) is 1. The summed E-state index contributed by atoms with van der Waals surface area (Å²) in [6, 6.07) is 6.68. The van der Waals surface area contributed by atoms with Crippen LogP contribution >= 0.6 is 0 Å². The molecule has 0 heterocycles. The molecule has 0 spiro atoms. The average Bonchev–Trinajstić information content (AvgIpc) is 3.27. The Morgan fingerprint density at radius 3 is 2.45 bits per heavy atom. The maximum absolute atomic E-state index is 12.0. The number of carbonyl (C=O) groups is 2. The first-order chi connectivity index (χ1) is 9.61. The molecule has 0 radical (unpaired) electrons. The van der Waals surface area contributed by atoms with Gasteiger partial charge in [-0.3, -0.25) is 4.79 Å². The van der Waals surface area contributed by atoms with Crippen LogP contribution in [0.5, 0.6) is 0 Å². The average molecular weight is 275 g/mol. The molecule has 0 aromatic heterocycles. The van der Waals surface area contributed by atoms with Gasteiger partial charge in [-0.1, -0.05) is 25.5 Å². The largest absolute Gasteiger partial charge is 0.480 e. The number of amides is 1. The van der Waals surface area contributed by atoms with E-state index in [1.54, 1.807) is 12.1 Å². The fourth-order valence-electron chi connectivity index (χ4n) is 2.24. The number of unbranched alkanes of at least 4 members (excludes halogenated alkanes) is 1. The number of rotatable bonds is 7. The van der Waals surface area contributed by atoms with Gasteiger partial charge in [0, 0.05) is 5.56 Å². The molecule has 1 aromatic carbocycles. The van der Waals surface area contributed by atoms with Crippen LogP contribution in [0.3, 0.4) is 0 Å². The fourth-order valence-corrected chi connectivity index (χ4v) is 2.24. The number of aryl methyl sites for hydroxylation is 1. The van der Waals surface area contributed by atoms with E-state index in [9.17, 15) is 9.59 Å². The molecule has 1 aromatic rings. The molecule has 0 saturated heterocycles. The van der Waals surface area contributed by atoms with E-state index >= 15 is 0 Å². The molecule has 0 aliphatic heterocycles. The third-order valence-corrected chi connectivity index (χ3v) is 3.68. The maximum atomic E-state index is 12.0. The zero-order chi connectivity index (χ0) is 14.5. The molecule has 4 heteroatoms. The zero-order valence-electron chi connectivity index (χ0n) is 11.8. The van der Waals surface area contributed by atoms with Crippen LogP contribution in [0.1, 0.15) is 48.5 Å².